The molecule has 0 aliphatic carbocycles. The fourth-order valence-corrected chi connectivity index (χ4v) is 4.42. The lowest BCUT2D eigenvalue weighted by atomic mass is 9.74. The molecule has 5 heteroatoms. The fourth-order valence-electron chi connectivity index (χ4n) is 3.63. The van der Waals surface area contributed by atoms with E-state index in [1.165, 1.54) is 0 Å². The molecule has 2 rings (SSSR count). The standard InChI is InChI=1S/C19H28O4Si/c1-8-12-11(2)13-10-22-18(21)16(13)17(19(3,4)5)15(12)14(9-20)23-24(6)7/h9,14,24H,8,10H2,1-7H3. The number of hydrogen-bond donors (Lipinski definition) is 0. The number of rotatable bonds is 5. The molecular weight excluding hydrogens is 320 g/mol. The third kappa shape index (κ3) is 3.19. The Morgan fingerprint density at radius 3 is 2.42 bits per heavy atom. The Kier molecular flexibility index (Phi) is 5.35. The molecule has 1 aliphatic heterocycles. The van der Waals surface area contributed by atoms with E-state index in [9.17, 15) is 9.59 Å². The number of carbonyl (C=O) groups excluding carboxylic acids is 2. The van der Waals surface area contributed by atoms with Crippen LogP contribution in [0.1, 0.15) is 72.0 Å². The van der Waals surface area contributed by atoms with Crippen LogP contribution in [0.2, 0.25) is 13.1 Å². The molecule has 24 heavy (non-hydrogen) atoms. The fraction of sp³-hybridized carbons (Fsp3) is 0.579. The van der Waals surface area contributed by atoms with Crippen LogP contribution < -0.4 is 0 Å². The van der Waals surface area contributed by atoms with Crippen LogP contribution in [0.25, 0.3) is 0 Å². The van der Waals surface area contributed by atoms with Gasteiger partial charge in [-0.25, -0.2) is 4.79 Å². The van der Waals surface area contributed by atoms with E-state index in [0.717, 1.165) is 40.5 Å². The van der Waals surface area contributed by atoms with Gasteiger partial charge < -0.3 is 14.0 Å². The molecule has 1 heterocycles. The molecule has 0 N–H and O–H groups in total. The number of esters is 1. The summed E-state index contributed by atoms with van der Waals surface area (Å²) in [7, 11) is -1.42. The van der Waals surface area contributed by atoms with Crippen molar-refractivity contribution in [2.45, 2.75) is 72.3 Å². The highest BCUT2D eigenvalue weighted by Gasteiger charge is 2.37. The molecule has 132 valence electrons. The van der Waals surface area contributed by atoms with E-state index in [-0.39, 0.29) is 11.4 Å². The van der Waals surface area contributed by atoms with Gasteiger partial charge in [0.25, 0.3) is 0 Å². The predicted octanol–water partition coefficient (Wildman–Crippen LogP) is 3.77. The zero-order chi connectivity index (χ0) is 18.2. The second kappa shape index (κ2) is 6.80. The summed E-state index contributed by atoms with van der Waals surface area (Å²) in [5, 5.41) is 0. The van der Waals surface area contributed by atoms with Crippen LogP contribution in [0.4, 0.5) is 0 Å². The molecular formula is C19H28O4Si. The first-order valence-electron chi connectivity index (χ1n) is 8.59. The minimum Gasteiger partial charge on any atom is -0.457 e. The smallest absolute Gasteiger partial charge is 0.339 e. The molecule has 1 aliphatic rings. The van der Waals surface area contributed by atoms with Crippen molar-refractivity contribution in [2.24, 2.45) is 0 Å². The second-order valence-electron chi connectivity index (χ2n) is 7.67. The molecule has 0 saturated carbocycles. The van der Waals surface area contributed by atoms with Gasteiger partial charge in [-0.15, -0.1) is 0 Å². The summed E-state index contributed by atoms with van der Waals surface area (Å²) in [6.45, 7) is 14.7. The summed E-state index contributed by atoms with van der Waals surface area (Å²) in [5.74, 6) is -0.284. The van der Waals surface area contributed by atoms with E-state index in [0.29, 0.717) is 12.2 Å². The van der Waals surface area contributed by atoms with Gasteiger partial charge in [0.05, 0.1) is 5.56 Å². The van der Waals surface area contributed by atoms with E-state index >= 15 is 0 Å². The Bertz CT molecular complexity index is 671. The molecule has 4 nitrogen and oxygen atoms in total. The van der Waals surface area contributed by atoms with Crippen LogP contribution in [0.3, 0.4) is 0 Å². The van der Waals surface area contributed by atoms with Gasteiger partial charge in [-0.2, -0.15) is 0 Å². The van der Waals surface area contributed by atoms with Crippen LogP contribution in [0, 0.1) is 6.92 Å². The third-order valence-electron chi connectivity index (χ3n) is 4.53. The van der Waals surface area contributed by atoms with Crippen molar-refractivity contribution in [3.05, 3.63) is 33.4 Å². The first kappa shape index (κ1) is 18.9. The Labute approximate surface area is 146 Å². The Hall–Kier alpha value is -1.46. The largest absolute Gasteiger partial charge is 0.457 e. The molecule has 0 radical (unpaired) electrons. The van der Waals surface area contributed by atoms with Gasteiger partial charge in [0.1, 0.15) is 12.7 Å². The van der Waals surface area contributed by atoms with Gasteiger partial charge in [0.15, 0.2) is 15.3 Å². The van der Waals surface area contributed by atoms with Crippen molar-refractivity contribution >= 4 is 21.3 Å². The van der Waals surface area contributed by atoms with Crippen molar-refractivity contribution in [3.63, 3.8) is 0 Å². The van der Waals surface area contributed by atoms with E-state index < -0.39 is 15.1 Å². The number of carbonyl (C=O) groups is 2. The maximum atomic E-state index is 12.4. The average Bonchev–Trinajstić information content (AvgIpc) is 2.85. The van der Waals surface area contributed by atoms with Gasteiger partial charge in [-0.05, 0) is 54.1 Å². The number of hydrogen-bond acceptors (Lipinski definition) is 4. The highest BCUT2D eigenvalue weighted by Crippen LogP contribution is 2.42. The number of ether oxygens (including phenoxy) is 1. The van der Waals surface area contributed by atoms with Crippen molar-refractivity contribution in [1.82, 2.24) is 0 Å². The van der Waals surface area contributed by atoms with Crippen LogP contribution in [0.15, 0.2) is 0 Å². The lowest BCUT2D eigenvalue weighted by Gasteiger charge is -2.31. The lowest BCUT2D eigenvalue weighted by molar-refractivity contribution is -0.114. The van der Waals surface area contributed by atoms with Crippen molar-refractivity contribution in [3.8, 4) is 0 Å². The molecule has 0 aromatic heterocycles. The Morgan fingerprint density at radius 1 is 1.33 bits per heavy atom. The topological polar surface area (TPSA) is 52.6 Å². The van der Waals surface area contributed by atoms with Gasteiger partial charge in [-0.3, -0.25) is 0 Å². The number of benzene rings is 1. The van der Waals surface area contributed by atoms with E-state index in [4.69, 9.17) is 9.16 Å². The summed E-state index contributed by atoms with van der Waals surface area (Å²) in [5.41, 5.74) is 5.30. The highest BCUT2D eigenvalue weighted by molar-refractivity contribution is 6.48. The van der Waals surface area contributed by atoms with Crippen LogP contribution in [-0.2, 0) is 32.4 Å². The monoisotopic (exact) mass is 348 g/mol. The van der Waals surface area contributed by atoms with E-state index in [2.05, 4.69) is 27.7 Å². The Balaban J connectivity index is 2.90. The van der Waals surface area contributed by atoms with Gasteiger partial charge >= 0.3 is 5.97 Å². The summed E-state index contributed by atoms with van der Waals surface area (Å²) in [6, 6.07) is 0. The number of cyclic esters (lactones) is 1. The van der Waals surface area contributed by atoms with E-state index in [1.54, 1.807) is 0 Å². The molecule has 0 amide bonds. The maximum absolute atomic E-state index is 12.4. The lowest BCUT2D eigenvalue weighted by Crippen LogP contribution is -2.26. The average molecular weight is 349 g/mol. The van der Waals surface area contributed by atoms with Gasteiger partial charge in [0.2, 0.25) is 0 Å². The number of aldehydes is 1. The minimum absolute atomic E-state index is 0.284. The molecule has 0 fully saturated rings. The first-order valence-corrected chi connectivity index (χ1v) is 11.4. The molecule has 1 unspecified atom stereocenters. The molecule has 0 spiro atoms. The molecule has 1 atom stereocenters. The SMILES string of the molecule is CCc1c(C)c2c(c(C(C)(C)C)c1C(C=O)O[SiH](C)C)C(=O)OC2. The minimum atomic E-state index is -1.42. The third-order valence-corrected chi connectivity index (χ3v) is 5.37. The van der Waals surface area contributed by atoms with Crippen LogP contribution >= 0.6 is 0 Å². The molecule has 1 aromatic rings. The molecule has 1 aromatic carbocycles. The molecule has 0 bridgehead atoms. The van der Waals surface area contributed by atoms with Crippen LogP contribution in [0.5, 0.6) is 0 Å². The summed E-state index contributed by atoms with van der Waals surface area (Å²) in [4.78, 5) is 24.3. The van der Waals surface area contributed by atoms with Crippen molar-refractivity contribution in [1.29, 1.82) is 0 Å². The van der Waals surface area contributed by atoms with Crippen molar-refractivity contribution in [2.75, 3.05) is 0 Å². The van der Waals surface area contributed by atoms with Crippen LogP contribution in [-0.4, -0.2) is 21.3 Å². The van der Waals surface area contributed by atoms with Gasteiger partial charge in [-0.1, -0.05) is 27.7 Å². The second-order valence-corrected chi connectivity index (χ2v) is 10.0. The number of fused-ring (bicyclic) bond motifs is 1. The van der Waals surface area contributed by atoms with Crippen molar-refractivity contribution < 1.29 is 18.8 Å². The zero-order valence-corrected chi connectivity index (χ0v) is 16.9. The van der Waals surface area contributed by atoms with E-state index in [1.807, 2.05) is 20.0 Å². The zero-order valence-electron chi connectivity index (χ0n) is 15.8. The van der Waals surface area contributed by atoms with Gasteiger partial charge in [0, 0.05) is 5.56 Å². The molecule has 0 saturated heterocycles. The Morgan fingerprint density at radius 2 is 1.96 bits per heavy atom. The first-order chi connectivity index (χ1) is 11.1. The predicted molar refractivity (Wildman–Crippen MR) is 97.1 cm³/mol. The summed E-state index contributed by atoms with van der Waals surface area (Å²) >= 11 is 0. The maximum Gasteiger partial charge on any atom is 0.339 e. The normalized spacial score (nSPS) is 15.4. The summed E-state index contributed by atoms with van der Waals surface area (Å²) < 4.78 is 11.4. The summed E-state index contributed by atoms with van der Waals surface area (Å²) in [6.07, 6.45) is 1.06. The quantitative estimate of drug-likeness (QED) is 0.462. The highest BCUT2D eigenvalue weighted by atomic mass is 28.3.